The Labute approximate surface area is 398 Å². The Morgan fingerprint density at radius 3 is 1.88 bits per heavy atom. The van der Waals surface area contributed by atoms with Gasteiger partial charge in [0, 0.05) is 42.4 Å². The summed E-state index contributed by atoms with van der Waals surface area (Å²) in [7, 11) is 0. The van der Waals surface area contributed by atoms with E-state index in [2.05, 4.69) is 258 Å². The number of hydrogen-bond donors (Lipinski definition) is 0. The van der Waals surface area contributed by atoms with E-state index in [9.17, 15) is 0 Å². The van der Waals surface area contributed by atoms with Crippen molar-refractivity contribution < 1.29 is 0 Å². The van der Waals surface area contributed by atoms with Gasteiger partial charge in [0.15, 0.2) is 0 Å². The van der Waals surface area contributed by atoms with Gasteiger partial charge in [-0.05, 0) is 120 Å². The minimum Gasteiger partial charge on any atom is -0.309 e. The van der Waals surface area contributed by atoms with Crippen molar-refractivity contribution in [1.82, 2.24) is 0 Å². The van der Waals surface area contributed by atoms with Gasteiger partial charge in [0.05, 0.1) is 11.4 Å². The van der Waals surface area contributed by atoms with E-state index in [0.717, 1.165) is 17.1 Å². The third-order valence-electron chi connectivity index (χ3n) is 14.2. The minimum absolute atomic E-state index is 0.0761. The van der Waals surface area contributed by atoms with Crippen molar-refractivity contribution in [3.05, 3.63) is 235 Å². The lowest BCUT2D eigenvalue weighted by molar-refractivity contribution is 0.590. The molecule has 1 aromatic heterocycles. The number of fused-ring (bicyclic) bond motifs is 7. The monoisotopic (exact) mass is 877 g/mol. The molecule has 0 bridgehead atoms. The Morgan fingerprint density at radius 2 is 1.04 bits per heavy atom. The highest BCUT2D eigenvalue weighted by Crippen LogP contribution is 2.53. The zero-order chi connectivity index (χ0) is 45.4. The van der Waals surface area contributed by atoms with Crippen LogP contribution in [0.4, 0.5) is 17.1 Å². The van der Waals surface area contributed by atoms with Crippen molar-refractivity contribution in [3.8, 4) is 55.6 Å². The molecule has 10 aromatic carbocycles. The van der Waals surface area contributed by atoms with Crippen LogP contribution in [-0.2, 0) is 10.8 Å². The lowest BCUT2D eigenvalue weighted by Gasteiger charge is -2.32. The normalized spacial score (nSPS) is 13.0. The Bertz CT molecular complexity index is 3700. The van der Waals surface area contributed by atoms with E-state index < -0.39 is 0 Å². The zero-order valence-electron chi connectivity index (χ0n) is 38.6. The molecule has 0 spiro atoms. The molecule has 1 aliphatic rings. The highest BCUT2D eigenvalue weighted by Gasteiger charge is 2.36. The van der Waals surface area contributed by atoms with Crippen LogP contribution in [0.25, 0.3) is 86.6 Å². The van der Waals surface area contributed by atoms with E-state index >= 15 is 0 Å². The van der Waals surface area contributed by atoms with E-state index in [1.54, 1.807) is 0 Å². The van der Waals surface area contributed by atoms with Crippen molar-refractivity contribution in [1.29, 1.82) is 0 Å². The lowest BCUT2D eigenvalue weighted by Crippen LogP contribution is -2.16. The molecular weight excluding hydrogens is 827 g/mol. The molecule has 0 amide bonds. The van der Waals surface area contributed by atoms with Crippen molar-refractivity contribution in [2.45, 2.75) is 45.4 Å². The molecule has 0 aliphatic heterocycles. The van der Waals surface area contributed by atoms with Crippen LogP contribution in [0.5, 0.6) is 0 Å². The number of anilines is 3. The molecular formula is C65H51NS. The summed E-state index contributed by atoms with van der Waals surface area (Å²) in [5.41, 5.74) is 19.6. The maximum absolute atomic E-state index is 2.55. The average molecular weight is 878 g/mol. The number of hydrogen-bond acceptors (Lipinski definition) is 2. The van der Waals surface area contributed by atoms with E-state index in [1.165, 1.54) is 103 Å². The highest BCUT2D eigenvalue weighted by molar-refractivity contribution is 7.26. The van der Waals surface area contributed by atoms with Crippen LogP contribution >= 0.6 is 11.3 Å². The fraction of sp³-hybridized carbons (Fsp3) is 0.108. The second kappa shape index (κ2) is 15.8. The molecule has 67 heavy (non-hydrogen) atoms. The van der Waals surface area contributed by atoms with Gasteiger partial charge in [-0.2, -0.15) is 0 Å². The maximum atomic E-state index is 2.55. The predicted octanol–water partition coefficient (Wildman–Crippen LogP) is 18.9. The molecule has 0 radical (unpaired) electrons. The first-order valence-electron chi connectivity index (χ1n) is 23.5. The van der Waals surface area contributed by atoms with Crippen LogP contribution in [0.2, 0.25) is 0 Å². The largest absolute Gasteiger partial charge is 0.309 e. The number of benzene rings is 10. The standard InChI is InChI=1S/C65H51NS/c1-64(2,3)48-33-29-42(30-34-48)45-32-37-59(55(40-45)43-17-7-6-8-18-43)66(49-35-36-58-56(41-49)52-23-11-13-27-57(52)65(58,4)5)60-38-31-44-19-9-10-22-50(44)62(60)47-21-15-20-46(39-47)51-25-16-26-54-53-24-12-14-28-61(53)67-63(51)54/h6-41H,1-5H3. The fourth-order valence-electron chi connectivity index (χ4n) is 10.7. The summed E-state index contributed by atoms with van der Waals surface area (Å²) < 4.78 is 2.64. The van der Waals surface area contributed by atoms with Crippen molar-refractivity contribution in [3.63, 3.8) is 0 Å². The predicted molar refractivity (Wildman–Crippen MR) is 290 cm³/mol. The molecule has 2 heteroatoms. The molecule has 1 aliphatic carbocycles. The topological polar surface area (TPSA) is 3.24 Å². The molecule has 0 unspecified atom stereocenters. The summed E-state index contributed by atoms with van der Waals surface area (Å²) in [4.78, 5) is 2.55. The number of nitrogens with zero attached hydrogens (tertiary/aromatic N) is 1. The van der Waals surface area contributed by atoms with Gasteiger partial charge in [-0.3, -0.25) is 0 Å². The van der Waals surface area contributed by atoms with Crippen LogP contribution in [0.15, 0.2) is 218 Å². The van der Waals surface area contributed by atoms with Gasteiger partial charge in [-0.25, -0.2) is 0 Å². The fourth-order valence-corrected chi connectivity index (χ4v) is 12.0. The van der Waals surface area contributed by atoms with Crippen LogP contribution in [-0.4, -0.2) is 0 Å². The van der Waals surface area contributed by atoms with E-state index in [4.69, 9.17) is 0 Å². The lowest BCUT2D eigenvalue weighted by atomic mass is 9.82. The van der Waals surface area contributed by atoms with Crippen LogP contribution in [0.1, 0.15) is 51.3 Å². The first kappa shape index (κ1) is 40.9. The van der Waals surface area contributed by atoms with Gasteiger partial charge >= 0.3 is 0 Å². The van der Waals surface area contributed by atoms with Crippen LogP contribution < -0.4 is 4.90 Å². The van der Waals surface area contributed by atoms with Crippen LogP contribution in [0.3, 0.4) is 0 Å². The SMILES string of the molecule is CC(C)(C)c1ccc(-c2ccc(N(c3ccc4c(c3)-c3ccccc3C4(C)C)c3ccc4ccccc4c3-c3cccc(-c4cccc5c4sc4ccccc45)c3)c(-c3ccccc3)c2)cc1. The van der Waals surface area contributed by atoms with Gasteiger partial charge in [-0.1, -0.05) is 211 Å². The molecule has 0 fully saturated rings. The van der Waals surface area contributed by atoms with E-state index in [-0.39, 0.29) is 10.8 Å². The van der Waals surface area contributed by atoms with Gasteiger partial charge in [0.2, 0.25) is 0 Å². The third kappa shape index (κ3) is 6.90. The van der Waals surface area contributed by atoms with Crippen molar-refractivity contribution in [2.75, 3.05) is 4.90 Å². The summed E-state index contributed by atoms with van der Waals surface area (Å²) in [5, 5.41) is 5.05. The molecule has 11 aromatic rings. The molecule has 0 saturated carbocycles. The Hall–Kier alpha value is -7.52. The van der Waals surface area contributed by atoms with Crippen LogP contribution in [0, 0.1) is 0 Å². The van der Waals surface area contributed by atoms with Gasteiger partial charge in [0.25, 0.3) is 0 Å². The molecule has 0 atom stereocenters. The van der Waals surface area contributed by atoms with Crippen molar-refractivity contribution >= 4 is 59.3 Å². The summed E-state index contributed by atoms with van der Waals surface area (Å²) in [6.45, 7) is 11.6. The summed E-state index contributed by atoms with van der Waals surface area (Å²) >= 11 is 1.89. The quantitative estimate of drug-likeness (QED) is 0.154. The van der Waals surface area contributed by atoms with E-state index in [1.807, 2.05) is 11.3 Å². The Morgan fingerprint density at radius 1 is 0.403 bits per heavy atom. The summed E-state index contributed by atoms with van der Waals surface area (Å²) in [6.07, 6.45) is 0. The molecule has 0 saturated heterocycles. The summed E-state index contributed by atoms with van der Waals surface area (Å²) in [6, 6.07) is 81.7. The average Bonchev–Trinajstić information content (AvgIpc) is 3.86. The van der Waals surface area contributed by atoms with Crippen molar-refractivity contribution in [2.24, 2.45) is 0 Å². The highest BCUT2D eigenvalue weighted by atomic mass is 32.1. The molecule has 322 valence electrons. The Kier molecular flexibility index (Phi) is 9.68. The third-order valence-corrected chi connectivity index (χ3v) is 15.5. The van der Waals surface area contributed by atoms with Gasteiger partial charge in [0.1, 0.15) is 0 Å². The zero-order valence-corrected chi connectivity index (χ0v) is 39.5. The molecule has 12 rings (SSSR count). The smallest absolute Gasteiger partial charge is 0.0546 e. The van der Waals surface area contributed by atoms with Gasteiger partial charge in [-0.15, -0.1) is 11.3 Å². The van der Waals surface area contributed by atoms with E-state index in [0.29, 0.717) is 0 Å². The summed E-state index contributed by atoms with van der Waals surface area (Å²) in [5.74, 6) is 0. The van der Waals surface area contributed by atoms with Gasteiger partial charge < -0.3 is 4.90 Å². The second-order valence-corrected chi connectivity index (χ2v) is 20.8. The first-order chi connectivity index (χ1) is 32.6. The maximum Gasteiger partial charge on any atom is 0.0546 e. The molecule has 1 nitrogen and oxygen atoms in total. The molecule has 1 heterocycles. The number of rotatable bonds is 7. The minimum atomic E-state index is -0.111. The molecule has 0 N–H and O–H groups in total. The Balaban J connectivity index is 1.12. The second-order valence-electron chi connectivity index (χ2n) is 19.7. The first-order valence-corrected chi connectivity index (χ1v) is 24.3. The number of thiophene rings is 1.